The van der Waals surface area contributed by atoms with Gasteiger partial charge >= 0.3 is 0 Å². The highest BCUT2D eigenvalue weighted by Crippen LogP contribution is 2.44. The number of rotatable bonds is 5. The Bertz CT molecular complexity index is 322. The lowest BCUT2D eigenvalue weighted by Crippen LogP contribution is -2.04. The minimum atomic E-state index is 0.313. The maximum absolute atomic E-state index is 9.12. The largest absolute Gasteiger partial charge is 0.396 e. The Balaban J connectivity index is 2.11. The van der Waals surface area contributed by atoms with Gasteiger partial charge in [-0.25, -0.2) is 0 Å². The zero-order chi connectivity index (χ0) is 11.5. The van der Waals surface area contributed by atoms with Gasteiger partial charge in [-0.05, 0) is 48.1 Å². The van der Waals surface area contributed by atoms with Crippen molar-refractivity contribution in [1.82, 2.24) is 0 Å². The highest BCUT2D eigenvalue weighted by molar-refractivity contribution is 5.28. The van der Waals surface area contributed by atoms with Crippen LogP contribution in [0.4, 0.5) is 0 Å². The van der Waals surface area contributed by atoms with Gasteiger partial charge in [0.2, 0.25) is 0 Å². The van der Waals surface area contributed by atoms with E-state index in [4.69, 9.17) is 5.11 Å². The molecule has 0 heterocycles. The summed E-state index contributed by atoms with van der Waals surface area (Å²) in [6.07, 6.45) is 3.61. The van der Waals surface area contributed by atoms with Crippen LogP contribution in [0.25, 0.3) is 0 Å². The van der Waals surface area contributed by atoms with Crippen molar-refractivity contribution in [2.75, 3.05) is 6.61 Å². The second-order valence-electron chi connectivity index (χ2n) is 5.28. The van der Waals surface area contributed by atoms with Crippen LogP contribution in [-0.4, -0.2) is 11.7 Å². The molecule has 1 saturated carbocycles. The Morgan fingerprint density at radius 1 is 1.12 bits per heavy atom. The van der Waals surface area contributed by atoms with Crippen molar-refractivity contribution >= 4 is 0 Å². The molecule has 1 aromatic carbocycles. The van der Waals surface area contributed by atoms with Crippen molar-refractivity contribution in [2.24, 2.45) is 5.92 Å². The third kappa shape index (κ3) is 2.65. The van der Waals surface area contributed by atoms with E-state index in [1.54, 1.807) is 0 Å². The third-order valence-electron chi connectivity index (χ3n) is 3.66. The summed E-state index contributed by atoms with van der Waals surface area (Å²) < 4.78 is 0. The molecule has 0 radical (unpaired) electrons. The maximum Gasteiger partial charge on any atom is 0.0436 e. The highest BCUT2D eigenvalue weighted by atomic mass is 16.3. The summed E-state index contributed by atoms with van der Waals surface area (Å²) in [5, 5.41) is 9.12. The number of aliphatic hydroxyl groups excluding tert-OH is 1. The molecule has 2 rings (SSSR count). The van der Waals surface area contributed by atoms with E-state index in [9.17, 15) is 0 Å². The molecule has 0 aromatic heterocycles. The molecule has 1 atom stereocenters. The Labute approximate surface area is 98.5 Å². The van der Waals surface area contributed by atoms with Gasteiger partial charge in [0.05, 0.1) is 0 Å². The summed E-state index contributed by atoms with van der Waals surface area (Å²) in [7, 11) is 0. The third-order valence-corrected chi connectivity index (χ3v) is 3.66. The first kappa shape index (κ1) is 11.7. The van der Waals surface area contributed by atoms with E-state index in [1.165, 1.54) is 24.0 Å². The molecule has 1 unspecified atom stereocenters. The maximum atomic E-state index is 9.12. The first-order chi connectivity index (χ1) is 7.72. The first-order valence-corrected chi connectivity index (χ1v) is 6.43. The molecular weight excluding hydrogens is 196 g/mol. The van der Waals surface area contributed by atoms with Crippen LogP contribution in [0.3, 0.4) is 0 Å². The molecule has 0 spiro atoms. The van der Waals surface area contributed by atoms with Crippen molar-refractivity contribution in [3.05, 3.63) is 35.4 Å². The molecule has 1 heteroatoms. The van der Waals surface area contributed by atoms with E-state index in [-0.39, 0.29) is 0 Å². The molecule has 1 aliphatic rings. The van der Waals surface area contributed by atoms with Crippen LogP contribution in [-0.2, 0) is 0 Å². The summed E-state index contributed by atoms with van der Waals surface area (Å²) in [5.74, 6) is 2.02. The van der Waals surface area contributed by atoms with Crippen molar-refractivity contribution in [3.8, 4) is 0 Å². The lowest BCUT2D eigenvalue weighted by Gasteiger charge is -2.16. The van der Waals surface area contributed by atoms with Gasteiger partial charge in [-0.3, -0.25) is 0 Å². The molecule has 0 saturated heterocycles. The predicted octanol–water partition coefficient (Wildman–Crippen LogP) is 3.69. The summed E-state index contributed by atoms with van der Waals surface area (Å²) in [6.45, 7) is 4.76. The van der Waals surface area contributed by atoms with E-state index in [2.05, 4.69) is 38.1 Å². The first-order valence-electron chi connectivity index (χ1n) is 6.43. The van der Waals surface area contributed by atoms with Gasteiger partial charge in [0, 0.05) is 6.61 Å². The Hall–Kier alpha value is -0.820. The zero-order valence-corrected chi connectivity index (χ0v) is 10.3. The number of benzene rings is 1. The van der Waals surface area contributed by atoms with Gasteiger partial charge in [-0.1, -0.05) is 38.1 Å². The van der Waals surface area contributed by atoms with E-state index in [0.29, 0.717) is 18.4 Å². The van der Waals surface area contributed by atoms with Gasteiger partial charge in [0.25, 0.3) is 0 Å². The summed E-state index contributed by atoms with van der Waals surface area (Å²) >= 11 is 0. The van der Waals surface area contributed by atoms with Crippen LogP contribution < -0.4 is 0 Å². The van der Waals surface area contributed by atoms with Gasteiger partial charge < -0.3 is 5.11 Å². The van der Waals surface area contributed by atoms with Crippen LogP contribution >= 0.6 is 0 Å². The minimum Gasteiger partial charge on any atom is -0.396 e. The van der Waals surface area contributed by atoms with Crippen molar-refractivity contribution in [3.63, 3.8) is 0 Å². The second-order valence-corrected chi connectivity index (χ2v) is 5.28. The SMILES string of the molecule is CC(C)c1ccc(C(CCO)C2CC2)cc1. The smallest absolute Gasteiger partial charge is 0.0436 e. The normalized spacial score (nSPS) is 17.8. The summed E-state index contributed by atoms with van der Waals surface area (Å²) in [6, 6.07) is 9.00. The molecule has 1 nitrogen and oxygen atoms in total. The van der Waals surface area contributed by atoms with Crippen molar-refractivity contribution in [2.45, 2.75) is 44.9 Å². The fourth-order valence-electron chi connectivity index (χ4n) is 2.44. The van der Waals surface area contributed by atoms with Gasteiger partial charge in [0.15, 0.2) is 0 Å². The van der Waals surface area contributed by atoms with Gasteiger partial charge in [0.1, 0.15) is 0 Å². The molecule has 1 aromatic rings. The molecule has 0 aliphatic heterocycles. The lowest BCUT2D eigenvalue weighted by atomic mass is 9.89. The quantitative estimate of drug-likeness (QED) is 0.799. The average molecular weight is 218 g/mol. The second kappa shape index (κ2) is 5.01. The molecular formula is C15H22O. The number of hydrogen-bond acceptors (Lipinski definition) is 1. The standard InChI is InChI=1S/C15H22O/c1-11(2)12-3-5-13(6-4-12)15(9-10-16)14-7-8-14/h3-6,11,14-16H,7-10H2,1-2H3. The molecule has 0 bridgehead atoms. The lowest BCUT2D eigenvalue weighted by molar-refractivity contribution is 0.270. The summed E-state index contributed by atoms with van der Waals surface area (Å²) in [4.78, 5) is 0. The van der Waals surface area contributed by atoms with E-state index < -0.39 is 0 Å². The van der Waals surface area contributed by atoms with Gasteiger partial charge in [-0.15, -0.1) is 0 Å². The van der Waals surface area contributed by atoms with Crippen LogP contribution in [0.1, 0.15) is 56.1 Å². The Morgan fingerprint density at radius 2 is 1.69 bits per heavy atom. The number of aliphatic hydroxyl groups is 1. The minimum absolute atomic E-state index is 0.313. The number of hydrogen-bond donors (Lipinski definition) is 1. The van der Waals surface area contributed by atoms with E-state index in [1.807, 2.05) is 0 Å². The van der Waals surface area contributed by atoms with Crippen molar-refractivity contribution < 1.29 is 5.11 Å². The molecule has 1 N–H and O–H groups in total. The fraction of sp³-hybridized carbons (Fsp3) is 0.600. The van der Waals surface area contributed by atoms with Crippen LogP contribution in [0.5, 0.6) is 0 Å². The summed E-state index contributed by atoms with van der Waals surface area (Å²) in [5.41, 5.74) is 2.82. The van der Waals surface area contributed by atoms with Gasteiger partial charge in [-0.2, -0.15) is 0 Å². The Morgan fingerprint density at radius 3 is 2.12 bits per heavy atom. The van der Waals surface area contributed by atoms with E-state index in [0.717, 1.165) is 12.3 Å². The zero-order valence-electron chi connectivity index (χ0n) is 10.3. The highest BCUT2D eigenvalue weighted by Gasteiger charge is 2.31. The van der Waals surface area contributed by atoms with E-state index >= 15 is 0 Å². The van der Waals surface area contributed by atoms with Crippen molar-refractivity contribution in [1.29, 1.82) is 0 Å². The van der Waals surface area contributed by atoms with Crippen LogP contribution in [0, 0.1) is 5.92 Å². The molecule has 1 fully saturated rings. The fourth-order valence-corrected chi connectivity index (χ4v) is 2.44. The monoisotopic (exact) mass is 218 g/mol. The molecule has 1 aliphatic carbocycles. The predicted molar refractivity (Wildman–Crippen MR) is 67.7 cm³/mol. The topological polar surface area (TPSA) is 20.2 Å². The Kier molecular flexibility index (Phi) is 3.65. The average Bonchev–Trinajstić information content (AvgIpc) is 3.10. The van der Waals surface area contributed by atoms with Crippen LogP contribution in [0.2, 0.25) is 0 Å². The molecule has 88 valence electrons. The molecule has 0 amide bonds. The molecule has 16 heavy (non-hydrogen) atoms. The van der Waals surface area contributed by atoms with Crippen LogP contribution in [0.15, 0.2) is 24.3 Å².